The molecule has 0 amide bonds. The van der Waals surface area contributed by atoms with Crippen molar-refractivity contribution in [1.29, 1.82) is 0 Å². The fourth-order valence-electron chi connectivity index (χ4n) is 2.50. The van der Waals surface area contributed by atoms with Crippen LogP contribution >= 0.6 is 0 Å². The van der Waals surface area contributed by atoms with Crippen LogP contribution in [0.3, 0.4) is 0 Å². The van der Waals surface area contributed by atoms with Crippen molar-refractivity contribution in [2.24, 2.45) is 5.92 Å². The van der Waals surface area contributed by atoms with Crippen molar-refractivity contribution in [3.8, 4) is 5.75 Å². The van der Waals surface area contributed by atoms with E-state index < -0.39 is 0 Å². The molecule has 2 heteroatoms. The quantitative estimate of drug-likeness (QED) is 0.867. The van der Waals surface area contributed by atoms with Gasteiger partial charge in [0, 0.05) is 6.61 Å². The van der Waals surface area contributed by atoms with Crippen LogP contribution in [0.1, 0.15) is 38.2 Å². The van der Waals surface area contributed by atoms with Crippen LogP contribution in [0.4, 0.5) is 0 Å². The van der Waals surface area contributed by atoms with Crippen molar-refractivity contribution < 1.29 is 9.84 Å². The standard InChI is InChI=1S/C15H22O2/c1-12-4-2-3-5-15(12)17-14-8-6-13(7-9-14)10-11-16/h6-9,12,15-16H,2-5,10-11H2,1H3/t12-,15-/m0/s1. The Morgan fingerprint density at radius 3 is 2.53 bits per heavy atom. The van der Waals surface area contributed by atoms with Crippen molar-refractivity contribution in [3.05, 3.63) is 29.8 Å². The maximum absolute atomic E-state index is 8.85. The normalized spacial score (nSPS) is 24.6. The Bertz CT molecular complexity index is 331. The number of benzene rings is 1. The van der Waals surface area contributed by atoms with Gasteiger partial charge in [-0.3, -0.25) is 0 Å². The Morgan fingerprint density at radius 2 is 1.88 bits per heavy atom. The lowest BCUT2D eigenvalue weighted by Crippen LogP contribution is -2.28. The highest BCUT2D eigenvalue weighted by Gasteiger charge is 2.22. The van der Waals surface area contributed by atoms with Gasteiger partial charge in [-0.2, -0.15) is 0 Å². The van der Waals surface area contributed by atoms with E-state index in [0.29, 0.717) is 12.0 Å². The topological polar surface area (TPSA) is 29.5 Å². The lowest BCUT2D eigenvalue weighted by Gasteiger charge is -2.29. The lowest BCUT2D eigenvalue weighted by atomic mass is 9.88. The molecule has 1 aliphatic carbocycles. The number of hydrogen-bond acceptors (Lipinski definition) is 2. The van der Waals surface area contributed by atoms with Gasteiger partial charge >= 0.3 is 0 Å². The molecule has 0 heterocycles. The molecule has 1 saturated carbocycles. The van der Waals surface area contributed by atoms with Gasteiger partial charge in [0.25, 0.3) is 0 Å². The summed E-state index contributed by atoms with van der Waals surface area (Å²) in [5, 5.41) is 8.85. The van der Waals surface area contributed by atoms with E-state index in [-0.39, 0.29) is 6.61 Å². The van der Waals surface area contributed by atoms with Crippen LogP contribution < -0.4 is 4.74 Å². The molecular formula is C15H22O2. The minimum atomic E-state index is 0.208. The zero-order valence-electron chi connectivity index (χ0n) is 10.6. The Balaban J connectivity index is 1.93. The van der Waals surface area contributed by atoms with E-state index in [4.69, 9.17) is 9.84 Å². The van der Waals surface area contributed by atoms with Gasteiger partial charge in [0.2, 0.25) is 0 Å². The molecule has 1 aromatic rings. The minimum Gasteiger partial charge on any atom is -0.490 e. The monoisotopic (exact) mass is 234 g/mol. The van der Waals surface area contributed by atoms with Gasteiger partial charge in [-0.1, -0.05) is 25.5 Å². The summed E-state index contributed by atoms with van der Waals surface area (Å²) < 4.78 is 6.04. The molecule has 1 N–H and O–H groups in total. The summed E-state index contributed by atoms with van der Waals surface area (Å²) in [4.78, 5) is 0. The molecule has 1 aliphatic rings. The Labute approximate surface area is 104 Å². The summed E-state index contributed by atoms with van der Waals surface area (Å²) in [5.74, 6) is 1.63. The van der Waals surface area contributed by atoms with Crippen LogP contribution in [0.2, 0.25) is 0 Å². The van der Waals surface area contributed by atoms with Gasteiger partial charge in [0.1, 0.15) is 11.9 Å². The summed E-state index contributed by atoms with van der Waals surface area (Å²) in [6.07, 6.45) is 6.20. The van der Waals surface area contributed by atoms with Gasteiger partial charge in [-0.05, 0) is 49.3 Å². The van der Waals surface area contributed by atoms with Crippen molar-refractivity contribution >= 4 is 0 Å². The zero-order chi connectivity index (χ0) is 12.1. The Morgan fingerprint density at radius 1 is 1.18 bits per heavy atom. The minimum absolute atomic E-state index is 0.208. The van der Waals surface area contributed by atoms with Gasteiger partial charge < -0.3 is 9.84 Å². The van der Waals surface area contributed by atoms with Gasteiger partial charge in [-0.25, -0.2) is 0 Å². The second-order valence-corrected chi connectivity index (χ2v) is 5.04. The summed E-state index contributed by atoms with van der Waals surface area (Å²) in [6, 6.07) is 8.12. The smallest absolute Gasteiger partial charge is 0.119 e. The molecule has 0 unspecified atom stereocenters. The summed E-state index contributed by atoms with van der Waals surface area (Å²) in [7, 11) is 0. The van der Waals surface area contributed by atoms with Gasteiger partial charge in [0.05, 0.1) is 0 Å². The first-order chi connectivity index (χ1) is 8.29. The van der Waals surface area contributed by atoms with E-state index in [2.05, 4.69) is 6.92 Å². The van der Waals surface area contributed by atoms with Crippen molar-refractivity contribution in [3.63, 3.8) is 0 Å². The van der Waals surface area contributed by atoms with E-state index in [1.165, 1.54) is 25.7 Å². The van der Waals surface area contributed by atoms with Crippen LogP contribution in [0, 0.1) is 5.92 Å². The average Bonchev–Trinajstić information content (AvgIpc) is 2.35. The van der Waals surface area contributed by atoms with Gasteiger partial charge in [-0.15, -0.1) is 0 Å². The first kappa shape index (κ1) is 12.4. The van der Waals surface area contributed by atoms with E-state index in [0.717, 1.165) is 17.7 Å². The highest BCUT2D eigenvalue weighted by Crippen LogP contribution is 2.28. The van der Waals surface area contributed by atoms with Crippen LogP contribution in [0.15, 0.2) is 24.3 Å². The van der Waals surface area contributed by atoms with Crippen LogP contribution in [0.5, 0.6) is 5.75 Å². The molecule has 17 heavy (non-hydrogen) atoms. The molecule has 2 atom stereocenters. The first-order valence-electron chi connectivity index (χ1n) is 6.66. The van der Waals surface area contributed by atoms with E-state index in [1.807, 2.05) is 24.3 Å². The summed E-state index contributed by atoms with van der Waals surface area (Å²) >= 11 is 0. The predicted molar refractivity (Wildman–Crippen MR) is 69.3 cm³/mol. The predicted octanol–water partition coefficient (Wildman–Crippen LogP) is 3.18. The molecule has 0 bridgehead atoms. The molecule has 2 nitrogen and oxygen atoms in total. The molecular weight excluding hydrogens is 212 g/mol. The average molecular weight is 234 g/mol. The fourth-order valence-corrected chi connectivity index (χ4v) is 2.50. The highest BCUT2D eigenvalue weighted by atomic mass is 16.5. The lowest BCUT2D eigenvalue weighted by molar-refractivity contribution is 0.102. The number of rotatable bonds is 4. The van der Waals surface area contributed by atoms with Crippen LogP contribution in [-0.2, 0) is 6.42 Å². The van der Waals surface area contributed by atoms with Crippen molar-refractivity contribution in [1.82, 2.24) is 0 Å². The van der Waals surface area contributed by atoms with E-state index in [1.54, 1.807) is 0 Å². The fraction of sp³-hybridized carbons (Fsp3) is 0.600. The van der Waals surface area contributed by atoms with E-state index in [9.17, 15) is 0 Å². The third-order valence-electron chi connectivity index (χ3n) is 3.64. The molecule has 94 valence electrons. The second-order valence-electron chi connectivity index (χ2n) is 5.04. The second kappa shape index (κ2) is 6.06. The largest absolute Gasteiger partial charge is 0.490 e. The molecule has 0 saturated heterocycles. The molecule has 1 fully saturated rings. The molecule has 0 radical (unpaired) electrons. The molecule has 0 spiro atoms. The SMILES string of the molecule is C[C@H]1CCCC[C@@H]1Oc1ccc(CCO)cc1. The third-order valence-corrected chi connectivity index (χ3v) is 3.64. The number of ether oxygens (including phenoxy) is 1. The summed E-state index contributed by atoms with van der Waals surface area (Å²) in [6.45, 7) is 2.49. The number of aliphatic hydroxyl groups excluding tert-OH is 1. The highest BCUT2D eigenvalue weighted by molar-refractivity contribution is 5.27. The van der Waals surface area contributed by atoms with E-state index >= 15 is 0 Å². The number of aliphatic hydroxyl groups is 1. The maximum Gasteiger partial charge on any atom is 0.119 e. The number of hydrogen-bond donors (Lipinski definition) is 1. The van der Waals surface area contributed by atoms with Gasteiger partial charge in [0.15, 0.2) is 0 Å². The molecule has 0 aliphatic heterocycles. The van der Waals surface area contributed by atoms with Crippen LogP contribution in [-0.4, -0.2) is 17.8 Å². The first-order valence-corrected chi connectivity index (χ1v) is 6.66. The van der Waals surface area contributed by atoms with Crippen LogP contribution in [0.25, 0.3) is 0 Å². The molecule has 0 aromatic heterocycles. The Kier molecular flexibility index (Phi) is 4.43. The molecule has 1 aromatic carbocycles. The third kappa shape index (κ3) is 3.47. The van der Waals surface area contributed by atoms with Crippen molar-refractivity contribution in [2.75, 3.05) is 6.61 Å². The Hall–Kier alpha value is -1.02. The van der Waals surface area contributed by atoms with Crippen molar-refractivity contribution in [2.45, 2.75) is 45.1 Å². The molecule has 2 rings (SSSR count). The zero-order valence-corrected chi connectivity index (χ0v) is 10.6. The summed E-state index contributed by atoms with van der Waals surface area (Å²) in [5.41, 5.74) is 1.16. The maximum atomic E-state index is 8.85.